The van der Waals surface area contributed by atoms with Crippen molar-refractivity contribution in [3.05, 3.63) is 0 Å². The van der Waals surface area contributed by atoms with Crippen LogP contribution in [0.3, 0.4) is 0 Å². The first-order valence-corrected chi connectivity index (χ1v) is 8.95. The van der Waals surface area contributed by atoms with Crippen molar-refractivity contribution in [3.8, 4) is 0 Å². The number of nitrogens with one attached hydrogen (secondary N) is 1. The molecular weight excluding hydrogens is 248 g/mol. The summed E-state index contributed by atoms with van der Waals surface area (Å²) < 4.78 is 22.7. The zero-order valence-corrected chi connectivity index (χ0v) is 12.6. The van der Waals surface area contributed by atoms with E-state index in [9.17, 15) is 8.42 Å². The lowest BCUT2D eigenvalue weighted by Gasteiger charge is -2.25. The van der Waals surface area contributed by atoms with E-state index in [2.05, 4.69) is 17.3 Å². The van der Waals surface area contributed by atoms with E-state index in [1.165, 1.54) is 19.3 Å². The number of hydrogen-bond donors (Lipinski definition) is 1. The second-order valence-corrected chi connectivity index (χ2v) is 7.85. The lowest BCUT2D eigenvalue weighted by Crippen LogP contribution is -2.30. The van der Waals surface area contributed by atoms with Gasteiger partial charge in [0.25, 0.3) is 0 Å². The van der Waals surface area contributed by atoms with Gasteiger partial charge in [0.15, 0.2) is 0 Å². The standard InChI is InChI=1S/C13H28N2O2S/c1-3-18(16,17)12-4-10-15(2)11-7-13-5-8-14-9-6-13/h13-14H,3-12H2,1-2H3. The van der Waals surface area contributed by atoms with Gasteiger partial charge in [-0.15, -0.1) is 0 Å². The molecule has 1 fully saturated rings. The Morgan fingerprint density at radius 3 is 2.50 bits per heavy atom. The van der Waals surface area contributed by atoms with Gasteiger partial charge in [-0.2, -0.15) is 0 Å². The number of hydrogen-bond acceptors (Lipinski definition) is 4. The molecule has 1 saturated heterocycles. The molecule has 5 heteroatoms. The summed E-state index contributed by atoms with van der Waals surface area (Å²) >= 11 is 0. The summed E-state index contributed by atoms with van der Waals surface area (Å²) in [7, 11) is -0.689. The highest BCUT2D eigenvalue weighted by Crippen LogP contribution is 2.15. The van der Waals surface area contributed by atoms with Crippen LogP contribution in [0.25, 0.3) is 0 Å². The Hall–Kier alpha value is -0.130. The minimum atomic E-state index is -2.79. The van der Waals surface area contributed by atoms with Crippen LogP contribution >= 0.6 is 0 Å². The van der Waals surface area contributed by atoms with Gasteiger partial charge in [0, 0.05) is 5.75 Å². The van der Waals surface area contributed by atoms with Crippen molar-refractivity contribution in [2.75, 3.05) is 44.7 Å². The highest BCUT2D eigenvalue weighted by Gasteiger charge is 2.13. The predicted molar refractivity (Wildman–Crippen MR) is 76.7 cm³/mol. The fraction of sp³-hybridized carbons (Fsp3) is 1.00. The van der Waals surface area contributed by atoms with Crippen LogP contribution < -0.4 is 5.32 Å². The summed E-state index contributed by atoms with van der Waals surface area (Å²) in [5, 5.41) is 3.38. The Morgan fingerprint density at radius 1 is 1.22 bits per heavy atom. The molecule has 1 rings (SSSR count). The highest BCUT2D eigenvalue weighted by atomic mass is 32.2. The van der Waals surface area contributed by atoms with Crippen LogP contribution in [0, 0.1) is 5.92 Å². The Balaban J connectivity index is 2.08. The van der Waals surface area contributed by atoms with Crippen LogP contribution in [0.4, 0.5) is 0 Å². The number of nitrogens with zero attached hydrogens (tertiary/aromatic N) is 1. The molecule has 1 N–H and O–H groups in total. The smallest absolute Gasteiger partial charge is 0.150 e. The molecule has 1 heterocycles. The molecule has 1 aliphatic heterocycles. The van der Waals surface area contributed by atoms with Crippen LogP contribution in [0.1, 0.15) is 32.6 Å². The van der Waals surface area contributed by atoms with Gasteiger partial charge in [-0.1, -0.05) is 6.92 Å². The quantitative estimate of drug-likeness (QED) is 0.722. The molecular formula is C13H28N2O2S. The maximum atomic E-state index is 11.4. The van der Waals surface area contributed by atoms with Crippen molar-refractivity contribution in [3.63, 3.8) is 0 Å². The Labute approximate surface area is 112 Å². The van der Waals surface area contributed by atoms with Gasteiger partial charge in [0.1, 0.15) is 9.84 Å². The molecule has 108 valence electrons. The second kappa shape index (κ2) is 8.12. The van der Waals surface area contributed by atoms with Crippen LogP contribution in [0.2, 0.25) is 0 Å². The van der Waals surface area contributed by atoms with Gasteiger partial charge in [-0.25, -0.2) is 8.42 Å². The lowest BCUT2D eigenvalue weighted by molar-refractivity contribution is 0.271. The maximum absolute atomic E-state index is 11.4. The van der Waals surface area contributed by atoms with E-state index in [0.29, 0.717) is 5.75 Å². The Bertz CT molecular complexity index is 311. The monoisotopic (exact) mass is 276 g/mol. The highest BCUT2D eigenvalue weighted by molar-refractivity contribution is 7.91. The van der Waals surface area contributed by atoms with Crippen molar-refractivity contribution in [2.24, 2.45) is 5.92 Å². The molecule has 0 radical (unpaired) electrons. The molecule has 0 amide bonds. The van der Waals surface area contributed by atoms with Gasteiger partial charge in [-0.05, 0) is 64.8 Å². The summed E-state index contributed by atoms with van der Waals surface area (Å²) in [4.78, 5) is 2.27. The van der Waals surface area contributed by atoms with Crippen molar-refractivity contribution < 1.29 is 8.42 Å². The fourth-order valence-corrected chi connectivity index (χ4v) is 3.24. The molecule has 0 atom stereocenters. The third-order valence-electron chi connectivity index (χ3n) is 3.81. The van der Waals surface area contributed by atoms with E-state index in [0.717, 1.165) is 38.5 Å². The Kier molecular flexibility index (Phi) is 7.19. The van der Waals surface area contributed by atoms with Gasteiger partial charge >= 0.3 is 0 Å². The first kappa shape index (κ1) is 15.9. The van der Waals surface area contributed by atoms with Crippen LogP contribution in [0.5, 0.6) is 0 Å². The molecule has 18 heavy (non-hydrogen) atoms. The number of rotatable bonds is 8. The van der Waals surface area contributed by atoms with E-state index in [1.807, 2.05) is 0 Å². The summed E-state index contributed by atoms with van der Waals surface area (Å²) in [6.45, 7) is 6.02. The summed E-state index contributed by atoms with van der Waals surface area (Å²) in [5.41, 5.74) is 0. The first-order chi connectivity index (χ1) is 8.53. The lowest BCUT2D eigenvalue weighted by atomic mass is 9.94. The summed E-state index contributed by atoms with van der Waals surface area (Å²) in [6, 6.07) is 0. The van der Waals surface area contributed by atoms with E-state index in [-0.39, 0.29) is 5.75 Å². The Morgan fingerprint density at radius 2 is 1.89 bits per heavy atom. The van der Waals surface area contributed by atoms with E-state index < -0.39 is 9.84 Å². The maximum Gasteiger partial charge on any atom is 0.150 e. The molecule has 0 unspecified atom stereocenters. The average molecular weight is 276 g/mol. The zero-order chi connectivity index (χ0) is 13.4. The van der Waals surface area contributed by atoms with Gasteiger partial charge in [0.2, 0.25) is 0 Å². The van der Waals surface area contributed by atoms with Gasteiger partial charge in [0.05, 0.1) is 5.75 Å². The van der Waals surface area contributed by atoms with Crippen molar-refractivity contribution in [1.82, 2.24) is 10.2 Å². The van der Waals surface area contributed by atoms with E-state index >= 15 is 0 Å². The van der Waals surface area contributed by atoms with Gasteiger partial charge < -0.3 is 10.2 Å². The fourth-order valence-electron chi connectivity index (χ4n) is 2.38. The van der Waals surface area contributed by atoms with Crippen LogP contribution in [-0.4, -0.2) is 58.1 Å². The predicted octanol–water partition coefficient (Wildman–Crippen LogP) is 1.13. The molecule has 0 bridgehead atoms. The van der Waals surface area contributed by atoms with E-state index in [4.69, 9.17) is 0 Å². The molecule has 0 aromatic rings. The van der Waals surface area contributed by atoms with Crippen molar-refractivity contribution >= 4 is 9.84 Å². The molecule has 0 spiro atoms. The molecule has 1 aliphatic rings. The van der Waals surface area contributed by atoms with Crippen LogP contribution in [-0.2, 0) is 9.84 Å². The third-order valence-corrected chi connectivity index (χ3v) is 5.60. The minimum Gasteiger partial charge on any atom is -0.317 e. The minimum absolute atomic E-state index is 0.270. The zero-order valence-electron chi connectivity index (χ0n) is 11.8. The summed E-state index contributed by atoms with van der Waals surface area (Å²) in [5.74, 6) is 1.46. The average Bonchev–Trinajstić information content (AvgIpc) is 2.37. The molecule has 4 nitrogen and oxygen atoms in total. The topological polar surface area (TPSA) is 49.4 Å². The summed E-state index contributed by atoms with van der Waals surface area (Å²) in [6.07, 6.45) is 4.59. The normalized spacial score (nSPS) is 18.4. The third kappa shape index (κ3) is 6.71. The largest absolute Gasteiger partial charge is 0.317 e. The molecule has 0 aromatic carbocycles. The van der Waals surface area contributed by atoms with Gasteiger partial charge in [-0.3, -0.25) is 0 Å². The molecule has 0 aromatic heterocycles. The SMILES string of the molecule is CCS(=O)(=O)CCCN(C)CCC1CCNCC1. The van der Waals surface area contributed by atoms with Crippen LogP contribution in [0.15, 0.2) is 0 Å². The van der Waals surface area contributed by atoms with E-state index in [1.54, 1.807) is 6.92 Å². The number of sulfone groups is 1. The molecule has 0 saturated carbocycles. The number of piperidine rings is 1. The first-order valence-electron chi connectivity index (χ1n) is 7.13. The second-order valence-electron chi connectivity index (χ2n) is 5.38. The van der Waals surface area contributed by atoms with Crippen molar-refractivity contribution in [1.29, 1.82) is 0 Å². The molecule has 0 aliphatic carbocycles. The van der Waals surface area contributed by atoms with Crippen molar-refractivity contribution in [2.45, 2.75) is 32.6 Å².